The van der Waals surface area contributed by atoms with E-state index in [1.807, 2.05) is 7.05 Å². The molecule has 1 atom stereocenters. The van der Waals surface area contributed by atoms with E-state index in [1.165, 1.54) is 12.1 Å². The number of amides is 1. The molecule has 0 aliphatic carbocycles. The van der Waals surface area contributed by atoms with Gasteiger partial charge in [-0.25, -0.2) is 0 Å². The highest BCUT2D eigenvalue weighted by atomic mass is 16.3. The molecule has 1 aromatic rings. The van der Waals surface area contributed by atoms with Crippen LogP contribution in [0.15, 0.2) is 24.3 Å². The van der Waals surface area contributed by atoms with Gasteiger partial charge < -0.3 is 10.0 Å². The van der Waals surface area contributed by atoms with Crippen LogP contribution in [0.3, 0.4) is 0 Å². The standard InChI is InChI=1S/C14H21NO2/c1-10(2)9-11(3)15(4)14(17)12-5-7-13(16)8-6-12/h5-8,10-11,16H,9H2,1-4H3. The third-order valence-corrected chi connectivity index (χ3v) is 2.91. The minimum atomic E-state index is -0.00171. The van der Waals surface area contributed by atoms with Gasteiger partial charge in [0.2, 0.25) is 0 Å². The van der Waals surface area contributed by atoms with Crippen molar-refractivity contribution in [2.45, 2.75) is 33.2 Å². The summed E-state index contributed by atoms with van der Waals surface area (Å²) < 4.78 is 0. The molecule has 0 aliphatic heterocycles. The van der Waals surface area contributed by atoms with E-state index in [0.717, 1.165) is 6.42 Å². The lowest BCUT2D eigenvalue weighted by Crippen LogP contribution is -2.35. The highest BCUT2D eigenvalue weighted by Crippen LogP contribution is 2.15. The number of carbonyl (C=O) groups excluding carboxylic acids is 1. The predicted molar refractivity (Wildman–Crippen MR) is 69.1 cm³/mol. The quantitative estimate of drug-likeness (QED) is 0.871. The first-order valence-electron chi connectivity index (χ1n) is 5.98. The Kier molecular flexibility index (Phi) is 4.55. The van der Waals surface area contributed by atoms with Gasteiger partial charge in [-0.2, -0.15) is 0 Å². The normalized spacial score (nSPS) is 12.5. The van der Waals surface area contributed by atoms with Gasteiger partial charge in [-0.3, -0.25) is 4.79 Å². The number of hydrogen-bond acceptors (Lipinski definition) is 2. The Balaban J connectivity index is 2.72. The molecule has 0 saturated heterocycles. The Labute approximate surface area is 103 Å². The Hall–Kier alpha value is -1.51. The molecular weight excluding hydrogens is 214 g/mol. The van der Waals surface area contributed by atoms with Crippen LogP contribution in [-0.4, -0.2) is 29.0 Å². The molecule has 1 N–H and O–H groups in total. The van der Waals surface area contributed by atoms with E-state index in [9.17, 15) is 9.90 Å². The average Bonchev–Trinajstić information content (AvgIpc) is 2.27. The minimum Gasteiger partial charge on any atom is -0.508 e. The summed E-state index contributed by atoms with van der Waals surface area (Å²) in [6.45, 7) is 6.35. The van der Waals surface area contributed by atoms with Crippen molar-refractivity contribution in [2.75, 3.05) is 7.05 Å². The SMILES string of the molecule is CC(C)CC(C)N(C)C(=O)c1ccc(O)cc1. The fourth-order valence-electron chi connectivity index (χ4n) is 1.85. The monoisotopic (exact) mass is 235 g/mol. The van der Waals surface area contributed by atoms with Gasteiger partial charge >= 0.3 is 0 Å². The van der Waals surface area contributed by atoms with Crippen molar-refractivity contribution in [1.29, 1.82) is 0 Å². The van der Waals surface area contributed by atoms with Gasteiger partial charge in [0.1, 0.15) is 5.75 Å². The zero-order chi connectivity index (χ0) is 13.0. The lowest BCUT2D eigenvalue weighted by Gasteiger charge is -2.26. The summed E-state index contributed by atoms with van der Waals surface area (Å²) in [5, 5.41) is 9.18. The fourth-order valence-corrected chi connectivity index (χ4v) is 1.85. The number of rotatable bonds is 4. The molecule has 0 aliphatic rings. The first-order chi connectivity index (χ1) is 7.91. The maximum absolute atomic E-state index is 12.1. The Morgan fingerprint density at radius 3 is 2.24 bits per heavy atom. The molecule has 94 valence electrons. The van der Waals surface area contributed by atoms with Crippen molar-refractivity contribution in [3.8, 4) is 5.75 Å². The van der Waals surface area contributed by atoms with E-state index in [4.69, 9.17) is 0 Å². The molecule has 3 heteroatoms. The number of nitrogens with zero attached hydrogens (tertiary/aromatic N) is 1. The molecule has 0 fully saturated rings. The van der Waals surface area contributed by atoms with Crippen LogP contribution in [-0.2, 0) is 0 Å². The summed E-state index contributed by atoms with van der Waals surface area (Å²) >= 11 is 0. The molecule has 0 saturated carbocycles. The van der Waals surface area contributed by atoms with E-state index >= 15 is 0 Å². The Morgan fingerprint density at radius 2 is 1.76 bits per heavy atom. The predicted octanol–water partition coefficient (Wildman–Crippen LogP) is 2.90. The van der Waals surface area contributed by atoms with Crippen LogP contribution in [0.2, 0.25) is 0 Å². The lowest BCUT2D eigenvalue weighted by molar-refractivity contribution is 0.0728. The maximum Gasteiger partial charge on any atom is 0.253 e. The van der Waals surface area contributed by atoms with Crippen molar-refractivity contribution >= 4 is 5.91 Å². The maximum atomic E-state index is 12.1. The highest BCUT2D eigenvalue weighted by Gasteiger charge is 2.18. The first-order valence-corrected chi connectivity index (χ1v) is 5.98. The van der Waals surface area contributed by atoms with Crippen molar-refractivity contribution in [3.05, 3.63) is 29.8 Å². The van der Waals surface area contributed by atoms with E-state index in [2.05, 4.69) is 20.8 Å². The topological polar surface area (TPSA) is 40.5 Å². The highest BCUT2D eigenvalue weighted by molar-refractivity contribution is 5.94. The summed E-state index contributed by atoms with van der Waals surface area (Å²) in [6.07, 6.45) is 0.986. The minimum absolute atomic E-state index is 0.00171. The van der Waals surface area contributed by atoms with Gasteiger partial charge in [0, 0.05) is 18.7 Å². The molecule has 17 heavy (non-hydrogen) atoms. The second kappa shape index (κ2) is 5.71. The third-order valence-electron chi connectivity index (χ3n) is 2.91. The number of benzene rings is 1. The molecule has 1 unspecified atom stereocenters. The smallest absolute Gasteiger partial charge is 0.253 e. The fraction of sp³-hybridized carbons (Fsp3) is 0.500. The van der Waals surface area contributed by atoms with Gasteiger partial charge in [0.25, 0.3) is 5.91 Å². The van der Waals surface area contributed by atoms with Crippen LogP contribution in [0.1, 0.15) is 37.6 Å². The summed E-state index contributed by atoms with van der Waals surface area (Å²) in [5.41, 5.74) is 0.612. The summed E-state index contributed by atoms with van der Waals surface area (Å²) in [7, 11) is 1.82. The van der Waals surface area contributed by atoms with Crippen LogP contribution in [0.4, 0.5) is 0 Å². The van der Waals surface area contributed by atoms with Crippen LogP contribution in [0, 0.1) is 5.92 Å². The van der Waals surface area contributed by atoms with Crippen LogP contribution in [0.25, 0.3) is 0 Å². The Morgan fingerprint density at radius 1 is 1.24 bits per heavy atom. The second-order valence-corrected chi connectivity index (χ2v) is 4.94. The van der Waals surface area contributed by atoms with Gasteiger partial charge in [-0.15, -0.1) is 0 Å². The van der Waals surface area contributed by atoms with Crippen molar-refractivity contribution in [1.82, 2.24) is 4.90 Å². The van der Waals surface area contributed by atoms with Crippen LogP contribution < -0.4 is 0 Å². The van der Waals surface area contributed by atoms with Crippen molar-refractivity contribution in [2.24, 2.45) is 5.92 Å². The van der Waals surface area contributed by atoms with E-state index in [0.29, 0.717) is 11.5 Å². The molecule has 0 spiro atoms. The molecular formula is C14H21NO2. The van der Waals surface area contributed by atoms with Gasteiger partial charge in [0.05, 0.1) is 0 Å². The number of carbonyl (C=O) groups is 1. The zero-order valence-electron chi connectivity index (χ0n) is 11.0. The van der Waals surface area contributed by atoms with Crippen molar-refractivity contribution in [3.63, 3.8) is 0 Å². The molecule has 3 nitrogen and oxygen atoms in total. The molecule has 0 bridgehead atoms. The van der Waals surface area contributed by atoms with E-state index < -0.39 is 0 Å². The van der Waals surface area contributed by atoms with Crippen LogP contribution >= 0.6 is 0 Å². The van der Waals surface area contributed by atoms with E-state index in [1.54, 1.807) is 17.0 Å². The number of hydrogen-bond donors (Lipinski definition) is 1. The molecule has 1 rings (SSSR count). The van der Waals surface area contributed by atoms with Gasteiger partial charge in [0.15, 0.2) is 0 Å². The summed E-state index contributed by atoms with van der Waals surface area (Å²) in [5.74, 6) is 0.748. The van der Waals surface area contributed by atoms with Gasteiger partial charge in [-0.1, -0.05) is 13.8 Å². The molecule has 0 aromatic heterocycles. The number of aromatic hydroxyl groups is 1. The first kappa shape index (κ1) is 13.6. The molecule has 0 heterocycles. The summed E-state index contributed by atoms with van der Waals surface area (Å²) in [4.78, 5) is 13.9. The largest absolute Gasteiger partial charge is 0.508 e. The second-order valence-electron chi connectivity index (χ2n) is 4.94. The number of phenols is 1. The molecule has 1 amide bonds. The molecule has 1 aromatic carbocycles. The third kappa shape index (κ3) is 3.77. The summed E-state index contributed by atoms with van der Waals surface area (Å²) in [6, 6.07) is 6.59. The average molecular weight is 235 g/mol. The Bertz CT molecular complexity index is 370. The van der Waals surface area contributed by atoms with Crippen molar-refractivity contribution < 1.29 is 9.90 Å². The van der Waals surface area contributed by atoms with Gasteiger partial charge in [-0.05, 0) is 43.5 Å². The number of phenolic OH excluding ortho intramolecular Hbond substituents is 1. The van der Waals surface area contributed by atoms with E-state index in [-0.39, 0.29) is 17.7 Å². The lowest BCUT2D eigenvalue weighted by atomic mass is 10.0. The molecule has 0 radical (unpaired) electrons. The van der Waals surface area contributed by atoms with Crippen LogP contribution in [0.5, 0.6) is 5.75 Å². The zero-order valence-corrected chi connectivity index (χ0v) is 11.0.